The topological polar surface area (TPSA) is 56.1 Å². The number of rotatable bonds is 5. The van der Waals surface area contributed by atoms with Crippen LogP contribution in [0.25, 0.3) is 6.08 Å². The molecule has 0 bridgehead atoms. The van der Waals surface area contributed by atoms with Crippen LogP contribution in [0.5, 0.6) is 0 Å². The number of carbonyl (C=O) groups is 1. The van der Waals surface area contributed by atoms with Crippen LogP contribution in [0.2, 0.25) is 0 Å². The average Bonchev–Trinajstić information content (AvgIpc) is 2.37. The summed E-state index contributed by atoms with van der Waals surface area (Å²) in [7, 11) is 3.79. The van der Waals surface area contributed by atoms with Crippen molar-refractivity contribution in [2.24, 2.45) is 0 Å². The second kappa shape index (κ2) is 7.29. The summed E-state index contributed by atoms with van der Waals surface area (Å²) >= 11 is 0. The standard InChI is InChI=1S/C14H16FN3O/c1-18(2)8-7-17-14(19)12(10-16)9-11-3-5-13(15)6-4-11/h3-6,9H,7-8H2,1-2H3,(H,17,19)/b12-9+. The highest BCUT2D eigenvalue weighted by molar-refractivity contribution is 6.01. The van der Waals surface area contributed by atoms with E-state index in [1.165, 1.54) is 30.3 Å². The number of nitriles is 1. The van der Waals surface area contributed by atoms with Crippen molar-refractivity contribution in [3.63, 3.8) is 0 Å². The van der Waals surface area contributed by atoms with Gasteiger partial charge in [0.2, 0.25) is 0 Å². The van der Waals surface area contributed by atoms with Crippen LogP contribution in [-0.2, 0) is 4.79 Å². The first-order valence-electron chi connectivity index (χ1n) is 5.83. The normalized spacial score (nSPS) is 11.2. The predicted octanol–water partition coefficient (Wildman–Crippen LogP) is 1.41. The third-order valence-corrected chi connectivity index (χ3v) is 2.39. The first-order valence-corrected chi connectivity index (χ1v) is 5.83. The number of benzene rings is 1. The van der Waals surface area contributed by atoms with Gasteiger partial charge in [-0.25, -0.2) is 4.39 Å². The van der Waals surface area contributed by atoms with E-state index in [1.54, 1.807) is 0 Å². The molecule has 0 heterocycles. The highest BCUT2D eigenvalue weighted by Crippen LogP contribution is 2.08. The minimum absolute atomic E-state index is 0.00497. The van der Waals surface area contributed by atoms with Crippen molar-refractivity contribution in [3.8, 4) is 6.07 Å². The third-order valence-electron chi connectivity index (χ3n) is 2.39. The van der Waals surface area contributed by atoms with Crippen LogP contribution in [0.3, 0.4) is 0 Å². The zero-order valence-corrected chi connectivity index (χ0v) is 11.0. The zero-order valence-electron chi connectivity index (χ0n) is 11.0. The fourth-order valence-corrected chi connectivity index (χ4v) is 1.36. The molecule has 19 heavy (non-hydrogen) atoms. The quantitative estimate of drug-likeness (QED) is 0.644. The van der Waals surface area contributed by atoms with Crippen molar-refractivity contribution in [1.29, 1.82) is 5.26 Å². The van der Waals surface area contributed by atoms with Gasteiger partial charge in [-0.2, -0.15) is 5.26 Å². The SMILES string of the molecule is CN(C)CCNC(=O)/C(C#N)=C/c1ccc(F)cc1. The Bertz CT molecular complexity index is 500. The van der Waals surface area contributed by atoms with Gasteiger partial charge in [0, 0.05) is 13.1 Å². The van der Waals surface area contributed by atoms with Crippen molar-refractivity contribution < 1.29 is 9.18 Å². The Balaban J connectivity index is 2.69. The number of hydrogen-bond acceptors (Lipinski definition) is 3. The minimum Gasteiger partial charge on any atom is -0.350 e. The van der Waals surface area contributed by atoms with E-state index < -0.39 is 5.91 Å². The van der Waals surface area contributed by atoms with Gasteiger partial charge in [0.25, 0.3) is 5.91 Å². The fraction of sp³-hybridized carbons (Fsp3) is 0.286. The van der Waals surface area contributed by atoms with E-state index >= 15 is 0 Å². The fourth-order valence-electron chi connectivity index (χ4n) is 1.36. The first kappa shape index (κ1) is 14.9. The van der Waals surface area contributed by atoms with Gasteiger partial charge >= 0.3 is 0 Å². The summed E-state index contributed by atoms with van der Waals surface area (Å²) < 4.78 is 12.7. The number of nitrogens with one attached hydrogen (secondary N) is 1. The molecule has 0 aliphatic carbocycles. The van der Waals surface area contributed by atoms with Gasteiger partial charge in [0.05, 0.1) is 0 Å². The Labute approximate surface area is 112 Å². The van der Waals surface area contributed by atoms with E-state index in [2.05, 4.69) is 5.32 Å². The van der Waals surface area contributed by atoms with Crippen LogP contribution in [0.4, 0.5) is 4.39 Å². The van der Waals surface area contributed by atoms with Crippen LogP contribution >= 0.6 is 0 Å². The second-order valence-corrected chi connectivity index (χ2v) is 4.28. The molecule has 0 aliphatic rings. The molecule has 0 saturated carbocycles. The maximum atomic E-state index is 12.7. The maximum Gasteiger partial charge on any atom is 0.261 e. The van der Waals surface area contributed by atoms with Crippen LogP contribution in [0.15, 0.2) is 29.8 Å². The van der Waals surface area contributed by atoms with Crippen molar-refractivity contribution in [1.82, 2.24) is 10.2 Å². The Morgan fingerprint density at radius 3 is 2.58 bits per heavy atom. The molecule has 0 radical (unpaired) electrons. The van der Waals surface area contributed by atoms with Crippen molar-refractivity contribution in [2.45, 2.75) is 0 Å². The molecule has 0 atom stereocenters. The Kier molecular flexibility index (Phi) is 5.71. The number of halogens is 1. The van der Waals surface area contributed by atoms with Crippen LogP contribution < -0.4 is 5.32 Å². The molecule has 1 N–H and O–H groups in total. The molecule has 4 nitrogen and oxygen atoms in total. The van der Waals surface area contributed by atoms with E-state index in [1.807, 2.05) is 25.1 Å². The van der Waals surface area contributed by atoms with Crippen LogP contribution in [0.1, 0.15) is 5.56 Å². The molecule has 0 aliphatic heterocycles. The van der Waals surface area contributed by atoms with Gasteiger partial charge in [-0.3, -0.25) is 4.79 Å². The molecular formula is C14H16FN3O. The highest BCUT2D eigenvalue weighted by Gasteiger charge is 2.08. The molecule has 0 unspecified atom stereocenters. The van der Waals surface area contributed by atoms with Crippen molar-refractivity contribution >= 4 is 12.0 Å². The van der Waals surface area contributed by atoms with Crippen LogP contribution in [-0.4, -0.2) is 38.0 Å². The number of likely N-dealkylation sites (N-methyl/N-ethyl adjacent to an activating group) is 1. The van der Waals surface area contributed by atoms with E-state index in [4.69, 9.17) is 5.26 Å². The molecule has 1 rings (SSSR count). The lowest BCUT2D eigenvalue weighted by molar-refractivity contribution is -0.117. The van der Waals surface area contributed by atoms with Gasteiger partial charge in [0.1, 0.15) is 17.5 Å². The summed E-state index contributed by atoms with van der Waals surface area (Å²) in [5.41, 5.74) is 0.617. The van der Waals surface area contributed by atoms with E-state index in [0.717, 1.165) is 0 Å². The van der Waals surface area contributed by atoms with Gasteiger partial charge in [-0.05, 0) is 37.9 Å². The molecule has 0 saturated heterocycles. The van der Waals surface area contributed by atoms with Crippen molar-refractivity contribution in [2.75, 3.05) is 27.2 Å². The van der Waals surface area contributed by atoms with E-state index in [9.17, 15) is 9.18 Å². The van der Waals surface area contributed by atoms with Gasteiger partial charge < -0.3 is 10.2 Å². The minimum atomic E-state index is -0.423. The number of carbonyl (C=O) groups excluding carboxylic acids is 1. The number of nitrogens with zero attached hydrogens (tertiary/aromatic N) is 2. The number of hydrogen-bond donors (Lipinski definition) is 1. The Morgan fingerprint density at radius 2 is 2.05 bits per heavy atom. The summed E-state index contributed by atoms with van der Waals surface area (Å²) in [6, 6.07) is 7.44. The molecule has 0 spiro atoms. The summed E-state index contributed by atoms with van der Waals surface area (Å²) in [6.07, 6.45) is 1.43. The molecule has 100 valence electrons. The van der Waals surface area contributed by atoms with Crippen LogP contribution in [0, 0.1) is 17.1 Å². The molecule has 5 heteroatoms. The largest absolute Gasteiger partial charge is 0.350 e. The molecular weight excluding hydrogens is 245 g/mol. The molecule has 0 fully saturated rings. The van der Waals surface area contributed by atoms with Crippen molar-refractivity contribution in [3.05, 3.63) is 41.2 Å². The van der Waals surface area contributed by atoms with Gasteiger partial charge in [-0.15, -0.1) is 0 Å². The average molecular weight is 261 g/mol. The lowest BCUT2D eigenvalue weighted by Crippen LogP contribution is -2.31. The third kappa shape index (κ3) is 5.32. The monoisotopic (exact) mass is 261 g/mol. The van der Waals surface area contributed by atoms with E-state index in [-0.39, 0.29) is 11.4 Å². The smallest absolute Gasteiger partial charge is 0.261 e. The molecule has 0 aromatic heterocycles. The first-order chi connectivity index (χ1) is 9.02. The molecule has 1 amide bonds. The molecule has 1 aromatic rings. The zero-order chi connectivity index (χ0) is 14.3. The lowest BCUT2D eigenvalue weighted by Gasteiger charge is -2.09. The summed E-state index contributed by atoms with van der Waals surface area (Å²) in [4.78, 5) is 13.7. The van der Waals surface area contributed by atoms with E-state index in [0.29, 0.717) is 18.7 Å². The highest BCUT2D eigenvalue weighted by atomic mass is 19.1. The lowest BCUT2D eigenvalue weighted by atomic mass is 10.1. The summed E-state index contributed by atoms with van der Waals surface area (Å²) in [5, 5.41) is 11.6. The Morgan fingerprint density at radius 1 is 1.42 bits per heavy atom. The summed E-state index contributed by atoms with van der Waals surface area (Å²) in [5.74, 6) is -0.778. The predicted molar refractivity (Wildman–Crippen MR) is 71.6 cm³/mol. The van der Waals surface area contributed by atoms with Gasteiger partial charge in [-0.1, -0.05) is 12.1 Å². The maximum absolute atomic E-state index is 12.7. The summed E-state index contributed by atoms with van der Waals surface area (Å²) in [6.45, 7) is 1.16. The molecule has 1 aromatic carbocycles. The Hall–Kier alpha value is -2.19. The second-order valence-electron chi connectivity index (χ2n) is 4.28. The van der Waals surface area contributed by atoms with Gasteiger partial charge in [0.15, 0.2) is 0 Å². The number of amides is 1.